The largest absolute Gasteiger partial charge is 0.368 e. The predicted molar refractivity (Wildman–Crippen MR) is 61.1 cm³/mol. The van der Waals surface area contributed by atoms with Crippen LogP contribution >= 0.6 is 12.4 Å². The molecule has 3 N–H and O–H groups in total. The van der Waals surface area contributed by atoms with Crippen LogP contribution in [0, 0.1) is 0 Å². The molecule has 2 aromatic heterocycles. The highest BCUT2D eigenvalue weighted by atomic mass is 35.5. The number of rotatable bonds is 3. The van der Waals surface area contributed by atoms with E-state index >= 15 is 0 Å². The van der Waals surface area contributed by atoms with E-state index < -0.39 is 0 Å². The Hall–Kier alpha value is -1.82. The van der Waals surface area contributed by atoms with Crippen molar-refractivity contribution in [3.8, 4) is 0 Å². The Kier molecular flexibility index (Phi) is 3.46. The minimum Gasteiger partial charge on any atom is -0.368 e. The molecule has 0 fully saturated rings. The maximum absolute atomic E-state index is 5.53. The molecule has 0 atom stereocenters. The van der Waals surface area contributed by atoms with Crippen LogP contribution in [-0.2, 0) is 0 Å². The number of nitrogens with two attached hydrogens (primary N) is 1. The van der Waals surface area contributed by atoms with E-state index in [0.29, 0.717) is 18.1 Å². The fourth-order valence-electron chi connectivity index (χ4n) is 1.12. The van der Waals surface area contributed by atoms with Gasteiger partial charge in [0, 0.05) is 12.6 Å². The Balaban J connectivity index is 0.00000112. The molecule has 15 heavy (non-hydrogen) atoms. The van der Waals surface area contributed by atoms with Crippen molar-refractivity contribution in [2.75, 3.05) is 17.6 Å². The van der Waals surface area contributed by atoms with Gasteiger partial charge in [0.05, 0.1) is 6.20 Å². The lowest BCUT2D eigenvalue weighted by atomic mass is 10.6. The topological polar surface area (TPSA) is 81.1 Å². The summed E-state index contributed by atoms with van der Waals surface area (Å²) in [5, 5.41) is 7.07. The van der Waals surface area contributed by atoms with Crippen molar-refractivity contribution in [2.24, 2.45) is 0 Å². The maximum Gasteiger partial charge on any atom is 0.229 e. The smallest absolute Gasteiger partial charge is 0.229 e. The number of hydrogen-bond acceptors (Lipinski definition) is 5. The minimum absolute atomic E-state index is 0. The molecule has 0 unspecified atom stereocenters. The molecule has 2 aromatic rings. The van der Waals surface area contributed by atoms with E-state index in [2.05, 4.69) is 27.0 Å². The zero-order valence-electron chi connectivity index (χ0n) is 7.92. The number of fused-ring (bicyclic) bond motifs is 1. The summed E-state index contributed by atoms with van der Waals surface area (Å²) in [5.74, 6) is 0.793. The quantitative estimate of drug-likeness (QED) is 0.754. The third-order valence-corrected chi connectivity index (χ3v) is 1.68. The van der Waals surface area contributed by atoms with Gasteiger partial charge in [0.2, 0.25) is 11.9 Å². The molecule has 0 aliphatic carbocycles. The SMILES string of the molecule is C=CCNc1nc(N)nc2ccnn12.Cl. The molecule has 2 rings (SSSR count). The summed E-state index contributed by atoms with van der Waals surface area (Å²) in [6.45, 7) is 4.20. The first kappa shape index (κ1) is 11.3. The standard InChI is InChI=1S/C8H10N6.ClH/c1-2-4-10-8-13-7(9)12-6-3-5-11-14(6)8;/h2-3,5H,1,4H2,(H3,9,10,12,13);1H. The van der Waals surface area contributed by atoms with E-state index in [-0.39, 0.29) is 18.4 Å². The Morgan fingerprint density at radius 2 is 2.33 bits per heavy atom. The maximum atomic E-state index is 5.53. The van der Waals surface area contributed by atoms with Crippen LogP contribution in [0.15, 0.2) is 24.9 Å². The third kappa shape index (κ3) is 2.16. The molecule has 0 saturated carbocycles. The van der Waals surface area contributed by atoms with E-state index in [4.69, 9.17) is 5.73 Å². The van der Waals surface area contributed by atoms with Crippen molar-refractivity contribution in [2.45, 2.75) is 0 Å². The number of nitrogens with zero attached hydrogens (tertiary/aromatic N) is 4. The van der Waals surface area contributed by atoms with Crippen LogP contribution in [0.3, 0.4) is 0 Å². The molecule has 7 heteroatoms. The van der Waals surface area contributed by atoms with Gasteiger partial charge in [0.25, 0.3) is 0 Å². The van der Waals surface area contributed by atoms with Gasteiger partial charge in [-0.25, -0.2) is 0 Å². The number of nitrogen functional groups attached to an aromatic ring is 1. The van der Waals surface area contributed by atoms with Gasteiger partial charge in [-0.15, -0.1) is 19.0 Å². The lowest BCUT2D eigenvalue weighted by Crippen LogP contribution is -2.10. The Morgan fingerprint density at radius 3 is 3.07 bits per heavy atom. The van der Waals surface area contributed by atoms with Gasteiger partial charge in [0.1, 0.15) is 0 Å². The summed E-state index contributed by atoms with van der Waals surface area (Å²) >= 11 is 0. The van der Waals surface area contributed by atoms with Crippen LogP contribution in [0.25, 0.3) is 5.65 Å². The molecule has 0 bridgehead atoms. The average molecular weight is 227 g/mol. The van der Waals surface area contributed by atoms with Gasteiger partial charge in [0.15, 0.2) is 5.65 Å². The van der Waals surface area contributed by atoms with Crippen LogP contribution in [-0.4, -0.2) is 26.1 Å². The molecular weight excluding hydrogens is 216 g/mol. The fraction of sp³-hybridized carbons (Fsp3) is 0.125. The van der Waals surface area contributed by atoms with Crippen molar-refractivity contribution >= 4 is 30.0 Å². The van der Waals surface area contributed by atoms with Crippen LogP contribution in [0.1, 0.15) is 0 Å². The van der Waals surface area contributed by atoms with Crippen molar-refractivity contribution in [1.82, 2.24) is 19.6 Å². The van der Waals surface area contributed by atoms with Gasteiger partial charge >= 0.3 is 0 Å². The van der Waals surface area contributed by atoms with Gasteiger partial charge in [-0.3, -0.25) is 0 Å². The fourth-order valence-corrected chi connectivity index (χ4v) is 1.12. The first-order chi connectivity index (χ1) is 6.81. The van der Waals surface area contributed by atoms with Crippen LogP contribution < -0.4 is 11.1 Å². The summed E-state index contributed by atoms with van der Waals surface area (Å²) in [6.07, 6.45) is 3.37. The summed E-state index contributed by atoms with van der Waals surface area (Å²) in [6, 6.07) is 1.76. The Bertz CT molecular complexity index is 465. The van der Waals surface area contributed by atoms with Crippen LogP contribution in [0.5, 0.6) is 0 Å². The molecule has 0 spiro atoms. The van der Waals surface area contributed by atoms with E-state index in [1.54, 1.807) is 22.9 Å². The van der Waals surface area contributed by atoms with Gasteiger partial charge in [-0.05, 0) is 0 Å². The second-order valence-corrected chi connectivity index (χ2v) is 2.68. The van der Waals surface area contributed by atoms with Crippen molar-refractivity contribution < 1.29 is 0 Å². The number of hydrogen-bond donors (Lipinski definition) is 2. The number of nitrogens with one attached hydrogen (secondary N) is 1. The predicted octanol–water partition coefficient (Wildman–Crippen LogP) is 0.726. The monoisotopic (exact) mass is 226 g/mol. The van der Waals surface area contributed by atoms with E-state index in [0.717, 1.165) is 0 Å². The highest BCUT2D eigenvalue weighted by Gasteiger charge is 2.04. The molecule has 0 aliphatic rings. The zero-order valence-corrected chi connectivity index (χ0v) is 8.74. The number of aromatic nitrogens is 4. The summed E-state index contributed by atoms with van der Waals surface area (Å²) < 4.78 is 1.58. The molecule has 0 saturated heterocycles. The summed E-state index contributed by atoms with van der Waals surface area (Å²) in [5.41, 5.74) is 6.20. The van der Waals surface area contributed by atoms with Gasteiger partial charge in [-0.1, -0.05) is 6.08 Å². The van der Waals surface area contributed by atoms with Crippen molar-refractivity contribution in [3.63, 3.8) is 0 Å². The number of halogens is 1. The van der Waals surface area contributed by atoms with E-state index in [1.165, 1.54) is 0 Å². The zero-order chi connectivity index (χ0) is 9.97. The molecule has 0 aliphatic heterocycles. The third-order valence-electron chi connectivity index (χ3n) is 1.68. The van der Waals surface area contributed by atoms with Crippen molar-refractivity contribution in [1.29, 1.82) is 0 Å². The summed E-state index contributed by atoms with van der Waals surface area (Å²) in [4.78, 5) is 8.02. The van der Waals surface area contributed by atoms with Gasteiger partial charge in [-0.2, -0.15) is 19.6 Å². The highest BCUT2D eigenvalue weighted by Crippen LogP contribution is 2.07. The molecule has 0 amide bonds. The molecule has 0 radical (unpaired) electrons. The highest BCUT2D eigenvalue weighted by molar-refractivity contribution is 5.85. The molecular formula is C8H11ClN6. The van der Waals surface area contributed by atoms with Gasteiger partial charge < -0.3 is 11.1 Å². The number of anilines is 2. The van der Waals surface area contributed by atoms with E-state index in [1.807, 2.05) is 0 Å². The molecule has 2 heterocycles. The normalized spacial score (nSPS) is 9.60. The lowest BCUT2D eigenvalue weighted by Gasteiger charge is -2.04. The first-order valence-corrected chi connectivity index (χ1v) is 4.13. The molecule has 6 nitrogen and oxygen atoms in total. The van der Waals surface area contributed by atoms with Crippen molar-refractivity contribution in [3.05, 3.63) is 24.9 Å². The van der Waals surface area contributed by atoms with E-state index in [9.17, 15) is 0 Å². The van der Waals surface area contributed by atoms with Crippen LogP contribution in [0.2, 0.25) is 0 Å². The lowest BCUT2D eigenvalue weighted by molar-refractivity contribution is 0.898. The first-order valence-electron chi connectivity index (χ1n) is 4.13. The average Bonchev–Trinajstić information content (AvgIpc) is 2.61. The second kappa shape index (κ2) is 4.61. The summed E-state index contributed by atoms with van der Waals surface area (Å²) in [7, 11) is 0. The van der Waals surface area contributed by atoms with Crippen LogP contribution in [0.4, 0.5) is 11.9 Å². The second-order valence-electron chi connectivity index (χ2n) is 2.68. The Labute approximate surface area is 92.6 Å². The molecule has 80 valence electrons. The minimum atomic E-state index is 0. The Morgan fingerprint density at radius 1 is 1.53 bits per heavy atom. The molecule has 0 aromatic carbocycles.